The monoisotopic (exact) mass is 265 g/mol. The molecule has 1 unspecified atom stereocenters. The first kappa shape index (κ1) is 13.5. The summed E-state index contributed by atoms with van der Waals surface area (Å²) in [5.41, 5.74) is 1.16. The highest BCUT2D eigenvalue weighted by molar-refractivity contribution is 8.00. The highest BCUT2D eigenvalue weighted by atomic mass is 32.2. The Morgan fingerprint density at radius 3 is 3.06 bits per heavy atom. The van der Waals surface area contributed by atoms with Crippen LogP contribution in [0.15, 0.2) is 18.3 Å². The number of hydrogen-bond donors (Lipinski definition) is 2. The van der Waals surface area contributed by atoms with E-state index >= 15 is 0 Å². The van der Waals surface area contributed by atoms with Crippen molar-refractivity contribution in [1.29, 1.82) is 0 Å². The minimum atomic E-state index is 0.403. The van der Waals surface area contributed by atoms with Gasteiger partial charge in [0.1, 0.15) is 5.82 Å². The average Bonchev–Trinajstić information content (AvgIpc) is 2.82. The third-order valence-corrected chi connectivity index (χ3v) is 4.82. The van der Waals surface area contributed by atoms with E-state index < -0.39 is 0 Å². The molecule has 100 valence electrons. The molecule has 0 spiro atoms. The van der Waals surface area contributed by atoms with Gasteiger partial charge in [0, 0.05) is 35.8 Å². The van der Waals surface area contributed by atoms with E-state index in [1.165, 1.54) is 18.6 Å². The Balaban J connectivity index is 1.88. The SMILES string of the molecule is CCCNc1cc(NCC2(C)CCCS2)ccn1. The van der Waals surface area contributed by atoms with Gasteiger partial charge in [-0.3, -0.25) is 0 Å². The number of nitrogens with zero attached hydrogens (tertiary/aromatic N) is 1. The molecule has 2 rings (SSSR count). The number of hydrogen-bond acceptors (Lipinski definition) is 4. The second-order valence-electron chi connectivity index (χ2n) is 5.11. The van der Waals surface area contributed by atoms with Crippen LogP contribution in [-0.4, -0.2) is 28.6 Å². The summed E-state index contributed by atoms with van der Waals surface area (Å²) in [6, 6.07) is 4.14. The van der Waals surface area contributed by atoms with E-state index in [-0.39, 0.29) is 0 Å². The van der Waals surface area contributed by atoms with Crippen LogP contribution in [-0.2, 0) is 0 Å². The third-order valence-electron chi connectivity index (χ3n) is 3.28. The molecule has 0 saturated carbocycles. The summed E-state index contributed by atoms with van der Waals surface area (Å²) in [7, 11) is 0. The molecular formula is C14H23N3S. The van der Waals surface area contributed by atoms with Gasteiger partial charge in [-0.15, -0.1) is 0 Å². The van der Waals surface area contributed by atoms with Crippen molar-refractivity contribution in [2.24, 2.45) is 0 Å². The van der Waals surface area contributed by atoms with Gasteiger partial charge in [0.25, 0.3) is 0 Å². The topological polar surface area (TPSA) is 37.0 Å². The molecule has 4 heteroatoms. The summed E-state index contributed by atoms with van der Waals surface area (Å²) in [4.78, 5) is 4.32. The predicted octanol–water partition coefficient (Wildman–Crippen LogP) is 3.60. The summed E-state index contributed by atoms with van der Waals surface area (Å²) < 4.78 is 0.403. The number of rotatable bonds is 6. The van der Waals surface area contributed by atoms with E-state index in [0.29, 0.717) is 4.75 Å². The molecule has 0 bridgehead atoms. The molecule has 1 aliphatic rings. The Kier molecular flexibility index (Phi) is 4.75. The lowest BCUT2D eigenvalue weighted by Gasteiger charge is -2.23. The Bertz CT molecular complexity index is 375. The largest absolute Gasteiger partial charge is 0.384 e. The molecular weight excluding hydrogens is 242 g/mol. The lowest BCUT2D eigenvalue weighted by Crippen LogP contribution is -2.27. The predicted molar refractivity (Wildman–Crippen MR) is 81.6 cm³/mol. The highest BCUT2D eigenvalue weighted by Gasteiger charge is 2.28. The van der Waals surface area contributed by atoms with Crippen LogP contribution in [0.2, 0.25) is 0 Å². The van der Waals surface area contributed by atoms with Crippen molar-refractivity contribution in [1.82, 2.24) is 4.98 Å². The van der Waals surface area contributed by atoms with Crippen LogP contribution in [0.5, 0.6) is 0 Å². The molecule has 0 radical (unpaired) electrons. The average molecular weight is 265 g/mol. The summed E-state index contributed by atoms with van der Waals surface area (Å²) in [5.74, 6) is 2.27. The Morgan fingerprint density at radius 1 is 1.44 bits per heavy atom. The van der Waals surface area contributed by atoms with Crippen molar-refractivity contribution in [3.8, 4) is 0 Å². The summed E-state index contributed by atoms with van der Waals surface area (Å²) >= 11 is 2.09. The fourth-order valence-corrected chi connectivity index (χ4v) is 3.40. The minimum absolute atomic E-state index is 0.403. The number of nitrogens with one attached hydrogen (secondary N) is 2. The molecule has 3 nitrogen and oxygen atoms in total. The van der Waals surface area contributed by atoms with Gasteiger partial charge >= 0.3 is 0 Å². The number of anilines is 2. The van der Waals surface area contributed by atoms with Gasteiger partial charge in [-0.05, 0) is 38.0 Å². The van der Waals surface area contributed by atoms with Crippen LogP contribution in [0, 0.1) is 0 Å². The van der Waals surface area contributed by atoms with Crippen LogP contribution in [0.3, 0.4) is 0 Å². The molecule has 1 aromatic heterocycles. The Morgan fingerprint density at radius 2 is 2.33 bits per heavy atom. The first-order valence-corrected chi connectivity index (χ1v) is 7.78. The summed E-state index contributed by atoms with van der Waals surface area (Å²) in [6.07, 6.45) is 5.65. The van der Waals surface area contributed by atoms with Crippen molar-refractivity contribution in [3.63, 3.8) is 0 Å². The van der Waals surface area contributed by atoms with Gasteiger partial charge in [-0.25, -0.2) is 4.98 Å². The lowest BCUT2D eigenvalue weighted by atomic mass is 10.1. The molecule has 1 saturated heterocycles. The Hall–Kier alpha value is -0.900. The maximum atomic E-state index is 4.32. The van der Waals surface area contributed by atoms with Crippen LogP contribution in [0.4, 0.5) is 11.5 Å². The van der Waals surface area contributed by atoms with Crippen molar-refractivity contribution in [3.05, 3.63) is 18.3 Å². The van der Waals surface area contributed by atoms with Crippen LogP contribution in [0.1, 0.15) is 33.1 Å². The minimum Gasteiger partial charge on any atom is -0.384 e. The zero-order valence-corrected chi connectivity index (χ0v) is 12.1. The molecule has 2 N–H and O–H groups in total. The molecule has 0 amide bonds. The van der Waals surface area contributed by atoms with Gasteiger partial charge in [-0.2, -0.15) is 11.8 Å². The molecule has 0 aliphatic carbocycles. The van der Waals surface area contributed by atoms with Crippen LogP contribution in [0.25, 0.3) is 0 Å². The van der Waals surface area contributed by atoms with Crippen molar-refractivity contribution in [2.45, 2.75) is 37.9 Å². The molecule has 1 aromatic rings. The smallest absolute Gasteiger partial charge is 0.127 e. The van der Waals surface area contributed by atoms with Crippen molar-refractivity contribution in [2.75, 3.05) is 29.5 Å². The number of thioether (sulfide) groups is 1. The van der Waals surface area contributed by atoms with E-state index in [0.717, 1.165) is 31.0 Å². The van der Waals surface area contributed by atoms with E-state index in [1.807, 2.05) is 12.3 Å². The van der Waals surface area contributed by atoms with Gasteiger partial charge < -0.3 is 10.6 Å². The number of pyridine rings is 1. The molecule has 2 heterocycles. The Labute approximate surface area is 114 Å². The molecule has 1 fully saturated rings. The number of aromatic nitrogens is 1. The van der Waals surface area contributed by atoms with Gasteiger partial charge in [-0.1, -0.05) is 6.92 Å². The molecule has 0 aromatic carbocycles. The fourth-order valence-electron chi connectivity index (χ4n) is 2.16. The van der Waals surface area contributed by atoms with E-state index in [4.69, 9.17) is 0 Å². The van der Waals surface area contributed by atoms with Gasteiger partial charge in [0.15, 0.2) is 0 Å². The quantitative estimate of drug-likeness (QED) is 0.824. The standard InChI is InChI=1S/C14H23N3S/c1-3-7-15-13-10-12(5-8-16-13)17-11-14(2)6-4-9-18-14/h5,8,10H,3-4,6-7,9,11H2,1-2H3,(H2,15,16,17). The summed E-state index contributed by atoms with van der Waals surface area (Å²) in [6.45, 7) is 6.53. The second-order valence-corrected chi connectivity index (χ2v) is 6.79. The van der Waals surface area contributed by atoms with Gasteiger partial charge in [0.2, 0.25) is 0 Å². The van der Waals surface area contributed by atoms with E-state index in [1.54, 1.807) is 0 Å². The lowest BCUT2D eigenvalue weighted by molar-refractivity contribution is 0.635. The van der Waals surface area contributed by atoms with Crippen LogP contribution < -0.4 is 10.6 Å². The van der Waals surface area contributed by atoms with Gasteiger partial charge in [0.05, 0.1) is 0 Å². The zero-order valence-electron chi connectivity index (χ0n) is 11.3. The van der Waals surface area contributed by atoms with Crippen LogP contribution >= 0.6 is 11.8 Å². The molecule has 1 atom stereocenters. The second kappa shape index (κ2) is 6.32. The third kappa shape index (κ3) is 3.80. The summed E-state index contributed by atoms with van der Waals surface area (Å²) in [5, 5.41) is 6.86. The normalized spacial score (nSPS) is 23.0. The first-order chi connectivity index (χ1) is 8.72. The maximum Gasteiger partial charge on any atom is 0.127 e. The first-order valence-electron chi connectivity index (χ1n) is 6.80. The van der Waals surface area contributed by atoms with Crippen molar-refractivity contribution < 1.29 is 0 Å². The fraction of sp³-hybridized carbons (Fsp3) is 0.643. The zero-order chi connectivity index (χ0) is 12.8. The maximum absolute atomic E-state index is 4.32. The highest BCUT2D eigenvalue weighted by Crippen LogP contribution is 2.37. The van der Waals surface area contributed by atoms with E-state index in [2.05, 4.69) is 47.3 Å². The van der Waals surface area contributed by atoms with Crippen molar-refractivity contribution >= 4 is 23.3 Å². The molecule has 18 heavy (non-hydrogen) atoms. The molecule has 1 aliphatic heterocycles. The van der Waals surface area contributed by atoms with E-state index in [9.17, 15) is 0 Å².